The normalized spacial score (nSPS) is 11.4. The second-order valence-electron chi connectivity index (χ2n) is 4.35. The third-order valence-electron chi connectivity index (χ3n) is 2.54. The first-order chi connectivity index (χ1) is 7.42. The monoisotopic (exact) mass is 300 g/mol. The van der Waals surface area contributed by atoms with Crippen molar-refractivity contribution in [3.05, 3.63) is 28.7 Å². The van der Waals surface area contributed by atoms with E-state index in [1.165, 1.54) is 4.90 Å². The molecule has 0 fully saturated rings. The summed E-state index contributed by atoms with van der Waals surface area (Å²) in [5.41, 5.74) is 5.35. The molecule has 1 rings (SSSR count). The quantitative estimate of drug-likeness (QED) is 0.492. The first-order valence-electron chi connectivity index (χ1n) is 5.15. The minimum atomic E-state index is -0.192. The molecule has 0 saturated heterocycles. The molecule has 1 aromatic rings. The van der Waals surface area contributed by atoms with Gasteiger partial charge in [-0.05, 0) is 36.4 Å². The predicted molar refractivity (Wildman–Crippen MR) is 75.2 cm³/mol. The van der Waals surface area contributed by atoms with E-state index >= 15 is 0 Å². The lowest BCUT2D eigenvalue weighted by Crippen LogP contribution is -2.31. The van der Waals surface area contributed by atoms with Gasteiger partial charge in [0.15, 0.2) is 0 Å². The molecule has 0 aromatic heterocycles. The van der Waals surface area contributed by atoms with E-state index < -0.39 is 0 Å². The van der Waals surface area contributed by atoms with Crippen molar-refractivity contribution >= 4 is 33.5 Å². The molecule has 0 atom stereocenters. The summed E-state index contributed by atoms with van der Waals surface area (Å²) in [5.74, 6) is 1.25. The molecule has 0 aliphatic carbocycles. The highest BCUT2D eigenvalue weighted by atomic mass is 79.9. The second-order valence-corrected chi connectivity index (χ2v) is 6.43. The summed E-state index contributed by atoms with van der Waals surface area (Å²) in [5, 5.41) is 7.47. The van der Waals surface area contributed by atoms with Gasteiger partial charge in [-0.2, -0.15) is 0 Å². The Labute approximate surface area is 110 Å². The molecule has 1 aromatic carbocycles. The van der Waals surface area contributed by atoms with Crippen molar-refractivity contribution in [3.63, 3.8) is 0 Å². The number of halogens is 1. The summed E-state index contributed by atoms with van der Waals surface area (Å²) in [6.07, 6.45) is 0.920. The minimum absolute atomic E-state index is 0.192. The number of thioether (sulfide) groups is 1. The Kier molecular flexibility index (Phi) is 4.87. The lowest BCUT2D eigenvalue weighted by molar-refractivity contribution is 0.500. The van der Waals surface area contributed by atoms with Crippen LogP contribution < -0.4 is 5.73 Å². The van der Waals surface area contributed by atoms with Gasteiger partial charge in [0.25, 0.3) is 0 Å². The zero-order valence-electron chi connectivity index (χ0n) is 9.59. The molecule has 16 heavy (non-hydrogen) atoms. The number of nitrogens with two attached hydrogens (primary N) is 1. The van der Waals surface area contributed by atoms with Crippen molar-refractivity contribution in [1.82, 2.24) is 0 Å². The SMILES string of the molecule is CC(C)(CCSc1ccc(Br)cc1)C(=N)N. The highest BCUT2D eigenvalue weighted by Gasteiger charge is 2.20. The van der Waals surface area contributed by atoms with E-state index in [-0.39, 0.29) is 11.3 Å². The van der Waals surface area contributed by atoms with Gasteiger partial charge in [0.1, 0.15) is 0 Å². The van der Waals surface area contributed by atoms with Crippen LogP contribution in [0, 0.1) is 10.8 Å². The lowest BCUT2D eigenvalue weighted by atomic mass is 9.89. The molecule has 0 aliphatic heterocycles. The molecule has 0 aliphatic rings. The minimum Gasteiger partial charge on any atom is -0.387 e. The van der Waals surface area contributed by atoms with Crippen molar-refractivity contribution < 1.29 is 0 Å². The maximum atomic E-state index is 7.47. The summed E-state index contributed by atoms with van der Waals surface area (Å²) in [6, 6.07) is 8.27. The van der Waals surface area contributed by atoms with Gasteiger partial charge in [-0.3, -0.25) is 5.41 Å². The first kappa shape index (κ1) is 13.6. The Morgan fingerprint density at radius 3 is 2.44 bits per heavy atom. The fraction of sp³-hybridized carbons (Fsp3) is 0.417. The van der Waals surface area contributed by atoms with Crippen molar-refractivity contribution in [2.24, 2.45) is 11.1 Å². The molecular formula is C12H17BrN2S. The number of hydrogen-bond acceptors (Lipinski definition) is 2. The van der Waals surface area contributed by atoms with Crippen LogP contribution in [0.2, 0.25) is 0 Å². The summed E-state index contributed by atoms with van der Waals surface area (Å²) >= 11 is 5.21. The lowest BCUT2D eigenvalue weighted by Gasteiger charge is -2.22. The smallest absolute Gasteiger partial charge is 0.0963 e. The Morgan fingerprint density at radius 1 is 1.38 bits per heavy atom. The van der Waals surface area contributed by atoms with Crippen LogP contribution in [0.1, 0.15) is 20.3 Å². The third kappa shape index (κ3) is 4.18. The largest absolute Gasteiger partial charge is 0.387 e. The third-order valence-corrected chi connectivity index (χ3v) is 4.08. The highest BCUT2D eigenvalue weighted by Crippen LogP contribution is 2.27. The van der Waals surface area contributed by atoms with E-state index in [9.17, 15) is 0 Å². The predicted octanol–water partition coefficient (Wildman–Crippen LogP) is 3.89. The Morgan fingerprint density at radius 2 is 1.94 bits per heavy atom. The topological polar surface area (TPSA) is 49.9 Å². The van der Waals surface area contributed by atoms with Crippen LogP contribution in [0.15, 0.2) is 33.6 Å². The van der Waals surface area contributed by atoms with Crippen LogP contribution in [0.5, 0.6) is 0 Å². The molecule has 88 valence electrons. The Bertz CT molecular complexity index is 360. The zero-order chi connectivity index (χ0) is 12.2. The van der Waals surface area contributed by atoms with Crippen LogP contribution in [-0.4, -0.2) is 11.6 Å². The van der Waals surface area contributed by atoms with Crippen LogP contribution in [-0.2, 0) is 0 Å². The molecular weight excluding hydrogens is 284 g/mol. The van der Waals surface area contributed by atoms with Gasteiger partial charge in [0, 0.05) is 14.8 Å². The second kappa shape index (κ2) is 5.73. The van der Waals surface area contributed by atoms with Gasteiger partial charge in [-0.1, -0.05) is 29.8 Å². The van der Waals surface area contributed by atoms with E-state index in [0.29, 0.717) is 0 Å². The van der Waals surface area contributed by atoms with Gasteiger partial charge >= 0.3 is 0 Å². The van der Waals surface area contributed by atoms with Crippen molar-refractivity contribution in [1.29, 1.82) is 5.41 Å². The van der Waals surface area contributed by atoms with Crippen molar-refractivity contribution in [3.8, 4) is 0 Å². The van der Waals surface area contributed by atoms with Gasteiger partial charge in [-0.25, -0.2) is 0 Å². The molecule has 0 heterocycles. The fourth-order valence-electron chi connectivity index (χ4n) is 1.09. The Balaban J connectivity index is 2.41. The number of benzene rings is 1. The molecule has 0 bridgehead atoms. The van der Waals surface area contributed by atoms with E-state index in [1.807, 2.05) is 26.0 Å². The van der Waals surface area contributed by atoms with Crippen molar-refractivity contribution in [2.75, 3.05) is 5.75 Å². The molecule has 0 radical (unpaired) electrons. The summed E-state index contributed by atoms with van der Waals surface area (Å²) in [6.45, 7) is 4.02. The number of nitrogens with one attached hydrogen (secondary N) is 1. The van der Waals surface area contributed by atoms with E-state index in [4.69, 9.17) is 11.1 Å². The van der Waals surface area contributed by atoms with Crippen LogP contribution in [0.25, 0.3) is 0 Å². The maximum Gasteiger partial charge on any atom is 0.0963 e. The highest BCUT2D eigenvalue weighted by molar-refractivity contribution is 9.10. The van der Waals surface area contributed by atoms with Crippen molar-refractivity contribution in [2.45, 2.75) is 25.2 Å². The fourth-order valence-corrected chi connectivity index (χ4v) is 2.53. The van der Waals surface area contributed by atoms with E-state index in [1.54, 1.807) is 11.8 Å². The summed E-state index contributed by atoms with van der Waals surface area (Å²) < 4.78 is 1.10. The molecule has 3 N–H and O–H groups in total. The van der Waals surface area contributed by atoms with Gasteiger partial charge in [-0.15, -0.1) is 11.8 Å². The van der Waals surface area contributed by atoms with Gasteiger partial charge < -0.3 is 5.73 Å². The van der Waals surface area contributed by atoms with E-state index in [0.717, 1.165) is 16.6 Å². The molecule has 0 saturated carbocycles. The maximum absolute atomic E-state index is 7.47. The van der Waals surface area contributed by atoms with Crippen LogP contribution in [0.4, 0.5) is 0 Å². The standard InChI is InChI=1S/C12H17BrN2S/c1-12(2,11(14)15)7-8-16-10-5-3-9(13)4-6-10/h3-6H,7-8H2,1-2H3,(H3,14,15). The number of rotatable bonds is 5. The average molecular weight is 301 g/mol. The zero-order valence-corrected chi connectivity index (χ0v) is 12.0. The van der Waals surface area contributed by atoms with Crippen LogP contribution in [0.3, 0.4) is 0 Å². The molecule has 0 unspecified atom stereocenters. The molecule has 2 nitrogen and oxygen atoms in total. The molecule has 0 amide bonds. The average Bonchev–Trinajstić information content (AvgIpc) is 2.20. The molecule has 0 spiro atoms. The molecule has 4 heteroatoms. The Hall–Kier alpha value is -0.480. The van der Waals surface area contributed by atoms with Gasteiger partial charge in [0.05, 0.1) is 5.84 Å². The van der Waals surface area contributed by atoms with Crippen LogP contribution >= 0.6 is 27.7 Å². The summed E-state index contributed by atoms with van der Waals surface area (Å²) in [7, 11) is 0. The van der Waals surface area contributed by atoms with Gasteiger partial charge in [0.2, 0.25) is 0 Å². The summed E-state index contributed by atoms with van der Waals surface area (Å²) in [4.78, 5) is 1.25. The number of hydrogen-bond donors (Lipinski definition) is 2. The number of amidine groups is 1. The first-order valence-corrected chi connectivity index (χ1v) is 6.92. The van der Waals surface area contributed by atoms with E-state index in [2.05, 4.69) is 28.1 Å².